The Labute approximate surface area is 82.7 Å². The Hall–Kier alpha value is -1.14. The first-order valence-corrected chi connectivity index (χ1v) is 5.17. The smallest absolute Gasteiger partial charge is 0.0622 e. The number of rotatable bonds is 4. The van der Waals surface area contributed by atoms with Crippen LogP contribution in [0.2, 0.25) is 0 Å². The summed E-state index contributed by atoms with van der Waals surface area (Å²) in [6.45, 7) is 0. The molecular formula is C10H12N2S. The number of hydrogen-bond donors (Lipinski definition) is 1. The first-order valence-electron chi connectivity index (χ1n) is 4.19. The summed E-state index contributed by atoms with van der Waals surface area (Å²) in [6.07, 6.45) is 1.55. The van der Waals surface area contributed by atoms with E-state index in [9.17, 15) is 0 Å². The van der Waals surface area contributed by atoms with Gasteiger partial charge in [-0.2, -0.15) is 5.26 Å². The van der Waals surface area contributed by atoms with Gasteiger partial charge in [0, 0.05) is 17.0 Å². The zero-order valence-electron chi connectivity index (χ0n) is 7.36. The van der Waals surface area contributed by atoms with E-state index in [0.717, 1.165) is 22.8 Å². The van der Waals surface area contributed by atoms with E-state index in [1.165, 1.54) is 0 Å². The van der Waals surface area contributed by atoms with Crippen LogP contribution in [0.5, 0.6) is 0 Å². The highest BCUT2D eigenvalue weighted by Crippen LogP contribution is 2.24. The molecule has 0 aliphatic rings. The van der Waals surface area contributed by atoms with Crippen LogP contribution in [0, 0.1) is 11.3 Å². The number of para-hydroxylation sites is 1. The van der Waals surface area contributed by atoms with Crippen LogP contribution in [0.1, 0.15) is 12.8 Å². The van der Waals surface area contributed by atoms with Crippen LogP contribution in [0.3, 0.4) is 0 Å². The largest absolute Gasteiger partial charge is 0.398 e. The van der Waals surface area contributed by atoms with E-state index in [0.29, 0.717) is 6.42 Å². The van der Waals surface area contributed by atoms with Crippen LogP contribution in [0.4, 0.5) is 5.69 Å². The van der Waals surface area contributed by atoms with Crippen molar-refractivity contribution in [2.45, 2.75) is 17.7 Å². The summed E-state index contributed by atoms with van der Waals surface area (Å²) in [5, 5.41) is 8.33. The molecule has 0 unspecified atom stereocenters. The second-order valence-corrected chi connectivity index (χ2v) is 3.78. The zero-order chi connectivity index (χ0) is 9.52. The van der Waals surface area contributed by atoms with E-state index in [4.69, 9.17) is 11.0 Å². The molecule has 0 amide bonds. The maximum atomic E-state index is 8.33. The van der Waals surface area contributed by atoms with Crippen molar-refractivity contribution < 1.29 is 0 Å². The van der Waals surface area contributed by atoms with Gasteiger partial charge in [-0.05, 0) is 24.3 Å². The molecule has 0 saturated heterocycles. The van der Waals surface area contributed by atoms with Crippen LogP contribution in [0.25, 0.3) is 0 Å². The summed E-state index contributed by atoms with van der Waals surface area (Å²) in [5.41, 5.74) is 6.57. The van der Waals surface area contributed by atoms with Crippen LogP contribution in [-0.2, 0) is 0 Å². The molecule has 2 N–H and O–H groups in total. The van der Waals surface area contributed by atoms with E-state index in [1.807, 2.05) is 24.3 Å². The number of nitriles is 1. The predicted molar refractivity (Wildman–Crippen MR) is 56.4 cm³/mol. The summed E-state index contributed by atoms with van der Waals surface area (Å²) in [5.74, 6) is 0.960. The predicted octanol–water partition coefficient (Wildman–Crippen LogP) is 2.66. The van der Waals surface area contributed by atoms with Gasteiger partial charge in [0.05, 0.1) is 6.07 Å². The van der Waals surface area contributed by atoms with Crippen molar-refractivity contribution in [3.8, 4) is 6.07 Å². The number of unbranched alkanes of at least 4 members (excludes halogenated alkanes) is 1. The average Bonchev–Trinajstić information content (AvgIpc) is 2.15. The standard InChI is InChI=1S/C10H12N2S/c11-7-3-4-8-13-10-6-2-1-5-9(10)12/h1-2,5-6H,3-4,8,12H2. The maximum absolute atomic E-state index is 8.33. The SMILES string of the molecule is N#CCCCSc1ccccc1N. The molecule has 0 atom stereocenters. The highest BCUT2D eigenvalue weighted by Gasteiger charge is 1.97. The van der Waals surface area contributed by atoms with Crippen LogP contribution in [0.15, 0.2) is 29.2 Å². The van der Waals surface area contributed by atoms with Crippen molar-refractivity contribution >= 4 is 17.4 Å². The Bertz CT molecular complexity index is 304. The molecule has 3 heteroatoms. The van der Waals surface area contributed by atoms with Crippen molar-refractivity contribution in [1.82, 2.24) is 0 Å². The fourth-order valence-electron chi connectivity index (χ4n) is 0.945. The lowest BCUT2D eigenvalue weighted by atomic mass is 10.3. The molecular weight excluding hydrogens is 180 g/mol. The van der Waals surface area contributed by atoms with Crippen LogP contribution in [-0.4, -0.2) is 5.75 Å². The monoisotopic (exact) mass is 192 g/mol. The van der Waals surface area contributed by atoms with E-state index in [1.54, 1.807) is 11.8 Å². The van der Waals surface area contributed by atoms with Gasteiger partial charge in [-0.3, -0.25) is 0 Å². The van der Waals surface area contributed by atoms with E-state index >= 15 is 0 Å². The lowest BCUT2D eigenvalue weighted by Gasteiger charge is -2.02. The molecule has 0 bridgehead atoms. The van der Waals surface area contributed by atoms with Gasteiger partial charge in [-0.1, -0.05) is 12.1 Å². The number of nitrogens with two attached hydrogens (primary N) is 1. The second kappa shape index (κ2) is 5.50. The number of anilines is 1. The molecule has 0 heterocycles. The summed E-state index contributed by atoms with van der Waals surface area (Å²) in [6, 6.07) is 9.93. The number of thioether (sulfide) groups is 1. The summed E-state index contributed by atoms with van der Waals surface area (Å²) in [7, 11) is 0. The molecule has 0 aliphatic carbocycles. The summed E-state index contributed by atoms with van der Waals surface area (Å²) < 4.78 is 0. The van der Waals surface area contributed by atoms with Gasteiger partial charge in [-0.25, -0.2) is 0 Å². The molecule has 13 heavy (non-hydrogen) atoms. The minimum Gasteiger partial charge on any atom is -0.398 e. The molecule has 0 saturated carbocycles. The van der Waals surface area contributed by atoms with Gasteiger partial charge in [0.15, 0.2) is 0 Å². The molecule has 68 valence electrons. The number of nitrogen functional groups attached to an aromatic ring is 1. The first kappa shape index (κ1) is 9.94. The normalized spacial score (nSPS) is 9.46. The highest BCUT2D eigenvalue weighted by molar-refractivity contribution is 7.99. The second-order valence-electron chi connectivity index (χ2n) is 2.65. The minimum absolute atomic E-state index is 0.625. The zero-order valence-corrected chi connectivity index (χ0v) is 8.18. The van der Waals surface area contributed by atoms with Crippen LogP contribution < -0.4 is 5.73 Å². The lowest BCUT2D eigenvalue weighted by Crippen LogP contribution is -1.88. The molecule has 0 spiro atoms. The Kier molecular flexibility index (Phi) is 4.20. The van der Waals surface area contributed by atoms with E-state index < -0.39 is 0 Å². The summed E-state index contributed by atoms with van der Waals surface area (Å²) >= 11 is 1.71. The Morgan fingerprint density at radius 1 is 1.38 bits per heavy atom. The van der Waals surface area contributed by atoms with Gasteiger partial charge in [-0.15, -0.1) is 11.8 Å². The van der Waals surface area contributed by atoms with Gasteiger partial charge in [0.2, 0.25) is 0 Å². The third-order valence-electron chi connectivity index (χ3n) is 1.61. The number of hydrogen-bond acceptors (Lipinski definition) is 3. The van der Waals surface area contributed by atoms with Gasteiger partial charge in [0.25, 0.3) is 0 Å². The Balaban J connectivity index is 2.37. The molecule has 1 aromatic carbocycles. The van der Waals surface area contributed by atoms with E-state index in [2.05, 4.69) is 6.07 Å². The number of benzene rings is 1. The average molecular weight is 192 g/mol. The quantitative estimate of drug-likeness (QED) is 0.453. The first-order chi connectivity index (χ1) is 6.34. The maximum Gasteiger partial charge on any atom is 0.0622 e. The van der Waals surface area contributed by atoms with E-state index in [-0.39, 0.29) is 0 Å². The van der Waals surface area contributed by atoms with Gasteiger partial charge >= 0.3 is 0 Å². The molecule has 0 aliphatic heterocycles. The van der Waals surface area contributed by atoms with Gasteiger partial charge in [0.1, 0.15) is 0 Å². The Morgan fingerprint density at radius 3 is 2.85 bits per heavy atom. The van der Waals surface area contributed by atoms with Crippen LogP contribution >= 0.6 is 11.8 Å². The fourth-order valence-corrected chi connectivity index (χ4v) is 1.86. The third kappa shape index (κ3) is 3.39. The molecule has 1 aromatic rings. The molecule has 2 nitrogen and oxygen atoms in total. The van der Waals surface area contributed by atoms with Crippen molar-refractivity contribution in [3.63, 3.8) is 0 Å². The third-order valence-corrected chi connectivity index (χ3v) is 2.79. The topological polar surface area (TPSA) is 49.8 Å². The molecule has 0 fully saturated rings. The molecule has 0 radical (unpaired) electrons. The van der Waals surface area contributed by atoms with Crippen molar-refractivity contribution in [2.24, 2.45) is 0 Å². The Morgan fingerprint density at radius 2 is 2.15 bits per heavy atom. The summed E-state index contributed by atoms with van der Waals surface area (Å²) in [4.78, 5) is 1.11. The van der Waals surface area contributed by atoms with Crippen molar-refractivity contribution in [1.29, 1.82) is 5.26 Å². The molecule has 0 aromatic heterocycles. The van der Waals surface area contributed by atoms with Crippen molar-refractivity contribution in [2.75, 3.05) is 11.5 Å². The lowest BCUT2D eigenvalue weighted by molar-refractivity contribution is 0.981. The fraction of sp³-hybridized carbons (Fsp3) is 0.300. The van der Waals surface area contributed by atoms with Crippen molar-refractivity contribution in [3.05, 3.63) is 24.3 Å². The van der Waals surface area contributed by atoms with Gasteiger partial charge < -0.3 is 5.73 Å². The number of nitrogens with zero attached hydrogens (tertiary/aromatic N) is 1. The minimum atomic E-state index is 0.625. The molecule has 1 rings (SSSR count). The highest BCUT2D eigenvalue weighted by atomic mass is 32.2.